The third-order valence-corrected chi connectivity index (χ3v) is 6.66. The number of benzene rings is 2. The van der Waals surface area contributed by atoms with E-state index in [4.69, 9.17) is 14.2 Å². The highest BCUT2D eigenvalue weighted by molar-refractivity contribution is 6.05. The van der Waals surface area contributed by atoms with Gasteiger partial charge in [0.15, 0.2) is 0 Å². The van der Waals surface area contributed by atoms with Crippen molar-refractivity contribution in [1.82, 2.24) is 4.90 Å². The Kier molecular flexibility index (Phi) is 6.01. The quantitative estimate of drug-likeness (QED) is 0.495. The Morgan fingerprint density at radius 3 is 2.06 bits per heavy atom. The number of likely N-dealkylation sites (tertiary alicyclic amines) is 1. The molecule has 7 nitrogen and oxygen atoms in total. The molecule has 2 aromatic carbocycles. The number of hydrogen-bond donors (Lipinski definition) is 0. The van der Waals surface area contributed by atoms with Crippen molar-refractivity contribution in [2.24, 2.45) is 5.41 Å². The minimum Gasteiger partial charge on any atom is -0.465 e. The van der Waals surface area contributed by atoms with Gasteiger partial charge in [-0.3, -0.25) is 14.4 Å². The molecule has 174 valence electrons. The molecular formula is C26H29NO6. The van der Waals surface area contributed by atoms with Gasteiger partial charge in [0, 0.05) is 32.9 Å². The standard InChI is InChI=1S/C26H29NO6/c1-4-27-17-16-26(32-19(3)28)24(22(27)29,23(30)31-5-2)18-25(33-26,20-12-8-6-9-13-20)21-14-10-7-11-15-21/h6-15H,4-5,16-18H2,1-3H3. The van der Waals surface area contributed by atoms with Crippen LogP contribution in [0.5, 0.6) is 0 Å². The number of rotatable bonds is 6. The van der Waals surface area contributed by atoms with Crippen molar-refractivity contribution in [3.05, 3.63) is 71.8 Å². The van der Waals surface area contributed by atoms with Gasteiger partial charge in [0.1, 0.15) is 5.60 Å². The van der Waals surface area contributed by atoms with Gasteiger partial charge in [-0.15, -0.1) is 0 Å². The Balaban J connectivity index is 2.02. The fourth-order valence-corrected chi connectivity index (χ4v) is 5.23. The van der Waals surface area contributed by atoms with Gasteiger partial charge >= 0.3 is 11.9 Å². The van der Waals surface area contributed by atoms with Crippen LogP contribution in [0.15, 0.2) is 60.7 Å². The molecule has 0 saturated carbocycles. The maximum atomic E-state index is 14.0. The Bertz CT molecular complexity index is 1000. The van der Waals surface area contributed by atoms with Gasteiger partial charge in [0.2, 0.25) is 17.1 Å². The average Bonchev–Trinajstić information content (AvgIpc) is 3.14. The maximum Gasteiger partial charge on any atom is 0.328 e. The monoisotopic (exact) mass is 451 g/mol. The van der Waals surface area contributed by atoms with Crippen molar-refractivity contribution < 1.29 is 28.6 Å². The summed E-state index contributed by atoms with van der Waals surface area (Å²) in [4.78, 5) is 41.6. The third kappa shape index (κ3) is 3.42. The van der Waals surface area contributed by atoms with Crippen LogP contribution in [-0.4, -0.2) is 48.2 Å². The summed E-state index contributed by atoms with van der Waals surface area (Å²) in [5.74, 6) is -3.59. The number of carbonyl (C=O) groups is 3. The van der Waals surface area contributed by atoms with E-state index in [1.807, 2.05) is 67.6 Å². The fraction of sp³-hybridized carbons (Fsp3) is 0.423. The predicted octanol–water partition coefficient (Wildman–Crippen LogP) is 3.41. The molecule has 0 N–H and O–H groups in total. The molecule has 1 amide bonds. The molecule has 7 heteroatoms. The summed E-state index contributed by atoms with van der Waals surface area (Å²) in [5.41, 5.74) is -1.52. The second-order valence-electron chi connectivity index (χ2n) is 8.45. The number of fused-ring (bicyclic) bond motifs is 1. The SMILES string of the molecule is CCOC(=O)C12CC(c3ccccc3)(c3ccccc3)OC1(OC(C)=O)CCN(CC)C2=O. The van der Waals surface area contributed by atoms with Crippen molar-refractivity contribution in [1.29, 1.82) is 0 Å². The van der Waals surface area contributed by atoms with E-state index in [1.54, 1.807) is 11.8 Å². The topological polar surface area (TPSA) is 82.1 Å². The lowest BCUT2D eigenvalue weighted by molar-refractivity contribution is -0.278. The summed E-state index contributed by atoms with van der Waals surface area (Å²) < 4.78 is 18.1. The largest absolute Gasteiger partial charge is 0.465 e. The van der Waals surface area contributed by atoms with Gasteiger partial charge in [-0.25, -0.2) is 0 Å². The van der Waals surface area contributed by atoms with Crippen LogP contribution in [0.2, 0.25) is 0 Å². The zero-order valence-electron chi connectivity index (χ0n) is 19.2. The third-order valence-electron chi connectivity index (χ3n) is 6.66. The van der Waals surface area contributed by atoms with E-state index < -0.39 is 34.6 Å². The number of hydrogen-bond acceptors (Lipinski definition) is 6. The molecule has 33 heavy (non-hydrogen) atoms. The lowest BCUT2D eigenvalue weighted by atomic mass is 9.67. The van der Waals surface area contributed by atoms with Gasteiger partial charge in [-0.05, 0) is 25.0 Å². The van der Waals surface area contributed by atoms with Crippen molar-refractivity contribution in [3.63, 3.8) is 0 Å². The molecule has 0 bridgehead atoms. The number of ether oxygens (including phenoxy) is 3. The van der Waals surface area contributed by atoms with E-state index in [-0.39, 0.29) is 19.4 Å². The van der Waals surface area contributed by atoms with Crippen molar-refractivity contribution >= 4 is 17.8 Å². The molecule has 0 aliphatic carbocycles. The smallest absolute Gasteiger partial charge is 0.328 e. The minimum atomic E-state index is -1.84. The summed E-state index contributed by atoms with van der Waals surface area (Å²) in [7, 11) is 0. The van der Waals surface area contributed by atoms with E-state index in [0.717, 1.165) is 11.1 Å². The van der Waals surface area contributed by atoms with E-state index in [9.17, 15) is 14.4 Å². The van der Waals surface area contributed by atoms with Gasteiger partial charge in [-0.1, -0.05) is 60.7 Å². The number of nitrogens with zero attached hydrogens (tertiary/aromatic N) is 1. The van der Waals surface area contributed by atoms with E-state index in [2.05, 4.69) is 0 Å². The Morgan fingerprint density at radius 2 is 1.58 bits per heavy atom. The highest BCUT2D eigenvalue weighted by Crippen LogP contribution is 2.62. The summed E-state index contributed by atoms with van der Waals surface area (Å²) >= 11 is 0. The molecule has 0 radical (unpaired) electrons. The minimum absolute atomic E-state index is 0.0462. The number of amides is 1. The normalized spacial score (nSPS) is 25.9. The van der Waals surface area contributed by atoms with Crippen LogP contribution in [0.3, 0.4) is 0 Å². The summed E-state index contributed by atoms with van der Waals surface area (Å²) in [6.07, 6.45) is 0.113. The zero-order chi connectivity index (χ0) is 23.7. The van der Waals surface area contributed by atoms with Crippen molar-refractivity contribution in [3.8, 4) is 0 Å². The molecule has 2 aliphatic rings. The summed E-state index contributed by atoms with van der Waals surface area (Å²) in [6, 6.07) is 18.9. The van der Waals surface area contributed by atoms with Crippen LogP contribution in [0.4, 0.5) is 0 Å². The second-order valence-corrected chi connectivity index (χ2v) is 8.45. The molecule has 4 rings (SSSR count). The second kappa shape index (κ2) is 8.63. The van der Waals surface area contributed by atoms with Crippen molar-refractivity contribution in [2.45, 2.75) is 45.0 Å². The van der Waals surface area contributed by atoms with Gasteiger partial charge in [0.25, 0.3) is 0 Å². The van der Waals surface area contributed by atoms with Crippen molar-refractivity contribution in [2.75, 3.05) is 19.7 Å². The number of piperidine rings is 1. The Labute approximate surface area is 193 Å². The molecule has 2 aromatic rings. The predicted molar refractivity (Wildman–Crippen MR) is 120 cm³/mol. The first-order valence-electron chi connectivity index (χ1n) is 11.3. The molecule has 0 spiro atoms. The van der Waals surface area contributed by atoms with Crippen LogP contribution >= 0.6 is 0 Å². The molecule has 2 saturated heterocycles. The lowest BCUT2D eigenvalue weighted by Crippen LogP contribution is -2.66. The first-order valence-corrected chi connectivity index (χ1v) is 11.3. The highest BCUT2D eigenvalue weighted by atomic mass is 16.7. The molecular weight excluding hydrogens is 422 g/mol. The van der Waals surface area contributed by atoms with Gasteiger partial charge in [-0.2, -0.15) is 0 Å². The van der Waals surface area contributed by atoms with Crippen LogP contribution in [-0.2, 0) is 34.2 Å². The molecule has 0 aromatic heterocycles. The number of carbonyl (C=O) groups excluding carboxylic acids is 3. The van der Waals surface area contributed by atoms with Gasteiger partial charge < -0.3 is 19.1 Å². The molecule has 2 atom stereocenters. The Morgan fingerprint density at radius 1 is 1.00 bits per heavy atom. The molecule has 2 aliphatic heterocycles. The van der Waals surface area contributed by atoms with E-state index in [0.29, 0.717) is 13.1 Å². The molecule has 2 fully saturated rings. The lowest BCUT2D eigenvalue weighted by Gasteiger charge is -2.46. The average molecular weight is 452 g/mol. The highest BCUT2D eigenvalue weighted by Gasteiger charge is 2.78. The molecule has 2 heterocycles. The van der Waals surface area contributed by atoms with Crippen LogP contribution in [0.1, 0.15) is 44.7 Å². The molecule has 2 unspecified atom stereocenters. The zero-order valence-corrected chi connectivity index (χ0v) is 19.2. The van der Waals surface area contributed by atoms with E-state index >= 15 is 0 Å². The fourth-order valence-electron chi connectivity index (χ4n) is 5.23. The number of esters is 2. The maximum absolute atomic E-state index is 14.0. The first kappa shape index (κ1) is 23.0. The summed E-state index contributed by atoms with van der Waals surface area (Å²) in [5, 5.41) is 0. The summed E-state index contributed by atoms with van der Waals surface area (Å²) in [6.45, 7) is 5.59. The van der Waals surface area contributed by atoms with Gasteiger partial charge in [0.05, 0.1) is 6.61 Å². The van der Waals surface area contributed by atoms with E-state index in [1.165, 1.54) is 6.92 Å². The first-order chi connectivity index (χ1) is 15.8. The van der Waals surface area contributed by atoms with Crippen LogP contribution in [0, 0.1) is 5.41 Å². The van der Waals surface area contributed by atoms with Crippen LogP contribution in [0.25, 0.3) is 0 Å². The Hall–Kier alpha value is -3.19. The van der Waals surface area contributed by atoms with Crippen LogP contribution < -0.4 is 0 Å².